The largest absolute Gasteiger partial charge is 0.317 e. The number of aryl methyl sites for hydroxylation is 1. The van der Waals surface area contributed by atoms with Crippen molar-refractivity contribution in [1.82, 2.24) is 20.0 Å². The lowest BCUT2D eigenvalue weighted by Gasteiger charge is -2.33. The molecule has 1 aromatic heterocycles. The Morgan fingerprint density at radius 3 is 2.78 bits per heavy atom. The summed E-state index contributed by atoms with van der Waals surface area (Å²) in [6, 6.07) is 0.471. The Morgan fingerprint density at radius 1 is 1.50 bits per heavy atom. The summed E-state index contributed by atoms with van der Waals surface area (Å²) in [6.07, 6.45) is 6.76. The molecular formula is C14H26N4. The normalized spacial score (nSPS) is 19.3. The fourth-order valence-electron chi connectivity index (χ4n) is 2.82. The van der Waals surface area contributed by atoms with Gasteiger partial charge in [0.05, 0.1) is 6.20 Å². The fraction of sp³-hybridized carbons (Fsp3) is 0.786. The molecule has 0 aliphatic carbocycles. The molecule has 0 spiro atoms. The molecule has 2 heterocycles. The molecule has 18 heavy (non-hydrogen) atoms. The van der Waals surface area contributed by atoms with Crippen LogP contribution in [0.1, 0.15) is 38.3 Å². The van der Waals surface area contributed by atoms with Gasteiger partial charge in [-0.25, -0.2) is 0 Å². The Labute approximate surface area is 110 Å². The zero-order valence-electron chi connectivity index (χ0n) is 11.9. The molecule has 1 atom stereocenters. The smallest absolute Gasteiger partial charge is 0.0537 e. The van der Waals surface area contributed by atoms with E-state index in [0.29, 0.717) is 6.04 Å². The summed E-state index contributed by atoms with van der Waals surface area (Å²) in [5.74, 6) is 0.852. The third-order valence-corrected chi connectivity index (χ3v) is 4.11. The van der Waals surface area contributed by atoms with E-state index >= 15 is 0 Å². The maximum Gasteiger partial charge on any atom is 0.0537 e. The standard InChI is InChI=1S/C14H26N4/c1-4-18(10-13-5-7-15-8-6-13)12(2)14-9-16-17(3)11-14/h9,11-13,15H,4-8,10H2,1-3H3. The van der Waals surface area contributed by atoms with E-state index in [4.69, 9.17) is 0 Å². The Morgan fingerprint density at radius 2 is 2.22 bits per heavy atom. The van der Waals surface area contributed by atoms with Crippen molar-refractivity contribution in [3.63, 3.8) is 0 Å². The van der Waals surface area contributed by atoms with Crippen molar-refractivity contribution in [3.8, 4) is 0 Å². The summed E-state index contributed by atoms with van der Waals surface area (Å²) in [7, 11) is 1.99. The van der Waals surface area contributed by atoms with E-state index in [1.807, 2.05) is 17.9 Å². The van der Waals surface area contributed by atoms with Gasteiger partial charge in [0.2, 0.25) is 0 Å². The molecular weight excluding hydrogens is 224 g/mol. The second kappa shape index (κ2) is 6.34. The molecule has 1 unspecified atom stereocenters. The second-order valence-electron chi connectivity index (χ2n) is 5.40. The van der Waals surface area contributed by atoms with Gasteiger partial charge in [0.15, 0.2) is 0 Å². The minimum Gasteiger partial charge on any atom is -0.317 e. The molecule has 0 amide bonds. The molecule has 1 N–H and O–H groups in total. The van der Waals surface area contributed by atoms with Crippen molar-refractivity contribution in [1.29, 1.82) is 0 Å². The summed E-state index contributed by atoms with van der Waals surface area (Å²) in [5.41, 5.74) is 1.33. The number of nitrogens with zero attached hydrogens (tertiary/aromatic N) is 3. The molecule has 1 fully saturated rings. The van der Waals surface area contributed by atoms with Crippen molar-refractivity contribution in [2.75, 3.05) is 26.2 Å². The molecule has 0 radical (unpaired) electrons. The van der Waals surface area contributed by atoms with E-state index in [-0.39, 0.29) is 0 Å². The number of piperidine rings is 1. The van der Waals surface area contributed by atoms with E-state index in [1.54, 1.807) is 0 Å². The van der Waals surface area contributed by atoms with Crippen molar-refractivity contribution in [2.24, 2.45) is 13.0 Å². The first-order chi connectivity index (χ1) is 8.70. The van der Waals surface area contributed by atoms with E-state index in [1.165, 1.54) is 38.0 Å². The quantitative estimate of drug-likeness (QED) is 0.865. The maximum atomic E-state index is 4.28. The Hall–Kier alpha value is -0.870. The van der Waals surface area contributed by atoms with Gasteiger partial charge in [0, 0.05) is 31.4 Å². The summed E-state index contributed by atoms with van der Waals surface area (Å²) in [5, 5.41) is 7.72. The van der Waals surface area contributed by atoms with Crippen LogP contribution in [0, 0.1) is 5.92 Å². The summed E-state index contributed by atoms with van der Waals surface area (Å²) in [6.45, 7) is 9.25. The SMILES string of the molecule is CCN(CC1CCNCC1)C(C)c1cnn(C)c1. The van der Waals surface area contributed by atoms with Crippen molar-refractivity contribution in [3.05, 3.63) is 18.0 Å². The summed E-state index contributed by atoms with van der Waals surface area (Å²) in [4.78, 5) is 2.58. The molecule has 1 aliphatic heterocycles. The number of hydrogen-bond donors (Lipinski definition) is 1. The third-order valence-electron chi connectivity index (χ3n) is 4.11. The highest BCUT2D eigenvalue weighted by atomic mass is 15.2. The monoisotopic (exact) mass is 250 g/mol. The van der Waals surface area contributed by atoms with Crippen LogP contribution in [0.3, 0.4) is 0 Å². The van der Waals surface area contributed by atoms with E-state index in [9.17, 15) is 0 Å². The van der Waals surface area contributed by atoms with Gasteiger partial charge in [0.25, 0.3) is 0 Å². The van der Waals surface area contributed by atoms with Gasteiger partial charge >= 0.3 is 0 Å². The van der Waals surface area contributed by atoms with Crippen LogP contribution >= 0.6 is 0 Å². The minimum absolute atomic E-state index is 0.471. The van der Waals surface area contributed by atoms with E-state index in [2.05, 4.69) is 35.4 Å². The predicted molar refractivity (Wildman–Crippen MR) is 74.5 cm³/mol. The highest BCUT2D eigenvalue weighted by Gasteiger charge is 2.21. The number of hydrogen-bond acceptors (Lipinski definition) is 3. The van der Waals surface area contributed by atoms with E-state index in [0.717, 1.165) is 12.5 Å². The van der Waals surface area contributed by atoms with Crippen LogP contribution < -0.4 is 5.32 Å². The lowest BCUT2D eigenvalue weighted by atomic mass is 9.96. The molecule has 102 valence electrons. The zero-order valence-corrected chi connectivity index (χ0v) is 11.9. The lowest BCUT2D eigenvalue weighted by molar-refractivity contribution is 0.169. The van der Waals surface area contributed by atoms with E-state index < -0.39 is 0 Å². The number of rotatable bonds is 5. The topological polar surface area (TPSA) is 33.1 Å². The van der Waals surface area contributed by atoms with Crippen LogP contribution in [0.4, 0.5) is 0 Å². The van der Waals surface area contributed by atoms with Gasteiger partial charge < -0.3 is 5.32 Å². The molecule has 1 saturated heterocycles. The number of nitrogens with one attached hydrogen (secondary N) is 1. The van der Waals surface area contributed by atoms with Crippen LogP contribution in [-0.2, 0) is 7.05 Å². The van der Waals surface area contributed by atoms with Crippen molar-refractivity contribution in [2.45, 2.75) is 32.7 Å². The molecule has 1 aliphatic rings. The molecule has 0 saturated carbocycles. The molecule has 4 nitrogen and oxygen atoms in total. The second-order valence-corrected chi connectivity index (χ2v) is 5.40. The fourth-order valence-corrected chi connectivity index (χ4v) is 2.82. The number of aromatic nitrogens is 2. The van der Waals surface area contributed by atoms with Gasteiger partial charge in [-0.2, -0.15) is 5.10 Å². The Balaban J connectivity index is 1.94. The Kier molecular flexibility index (Phi) is 4.78. The molecule has 0 bridgehead atoms. The first-order valence-electron chi connectivity index (χ1n) is 7.14. The van der Waals surface area contributed by atoms with Crippen LogP contribution in [0.25, 0.3) is 0 Å². The summed E-state index contributed by atoms with van der Waals surface area (Å²) < 4.78 is 1.89. The van der Waals surface area contributed by atoms with Gasteiger partial charge in [-0.15, -0.1) is 0 Å². The average Bonchev–Trinajstić information content (AvgIpc) is 2.83. The first-order valence-corrected chi connectivity index (χ1v) is 7.14. The molecule has 4 heteroatoms. The van der Waals surface area contributed by atoms with Crippen LogP contribution in [0.5, 0.6) is 0 Å². The first kappa shape index (κ1) is 13.6. The predicted octanol–water partition coefficient (Wildman–Crippen LogP) is 1.80. The molecule has 1 aromatic rings. The molecule has 2 rings (SSSR count). The maximum absolute atomic E-state index is 4.28. The minimum atomic E-state index is 0.471. The van der Waals surface area contributed by atoms with Crippen molar-refractivity contribution < 1.29 is 0 Å². The summed E-state index contributed by atoms with van der Waals surface area (Å²) >= 11 is 0. The van der Waals surface area contributed by atoms with Crippen LogP contribution in [0.2, 0.25) is 0 Å². The highest BCUT2D eigenvalue weighted by molar-refractivity contribution is 5.09. The van der Waals surface area contributed by atoms with Crippen LogP contribution in [-0.4, -0.2) is 40.9 Å². The van der Waals surface area contributed by atoms with Gasteiger partial charge in [-0.05, 0) is 45.3 Å². The highest BCUT2D eigenvalue weighted by Crippen LogP contribution is 2.22. The van der Waals surface area contributed by atoms with Gasteiger partial charge in [0.1, 0.15) is 0 Å². The van der Waals surface area contributed by atoms with Gasteiger partial charge in [-0.1, -0.05) is 6.92 Å². The Bertz CT molecular complexity index is 354. The third kappa shape index (κ3) is 3.33. The lowest BCUT2D eigenvalue weighted by Crippen LogP contribution is -2.37. The van der Waals surface area contributed by atoms with Crippen molar-refractivity contribution >= 4 is 0 Å². The van der Waals surface area contributed by atoms with Crippen LogP contribution in [0.15, 0.2) is 12.4 Å². The average molecular weight is 250 g/mol. The van der Waals surface area contributed by atoms with Gasteiger partial charge in [-0.3, -0.25) is 9.58 Å². The molecule has 0 aromatic carbocycles. The zero-order chi connectivity index (χ0) is 13.0.